The monoisotopic (exact) mass is 331 g/mol. The zero-order valence-corrected chi connectivity index (χ0v) is 15.8. The Balaban J connectivity index is 3.37. The van der Waals surface area contributed by atoms with E-state index in [-0.39, 0.29) is 5.91 Å². The number of rotatable bonds is 15. The molecule has 0 radical (unpaired) electrons. The van der Waals surface area contributed by atoms with Crippen LogP contribution in [0.2, 0.25) is 0 Å². The molecule has 1 amide bonds. The van der Waals surface area contributed by atoms with Crippen molar-refractivity contribution in [2.24, 2.45) is 0 Å². The van der Waals surface area contributed by atoms with Crippen molar-refractivity contribution >= 4 is 5.91 Å². The van der Waals surface area contributed by atoms with Crippen LogP contribution < -0.4 is 5.32 Å². The Morgan fingerprint density at radius 1 is 0.708 bits per heavy atom. The smallest absolute Gasteiger partial charge is 0.216 e. The van der Waals surface area contributed by atoms with Crippen LogP contribution in [0.1, 0.15) is 78.1 Å². The summed E-state index contributed by atoms with van der Waals surface area (Å²) < 4.78 is 0. The molecule has 0 aromatic heterocycles. The first kappa shape index (κ1) is 22.4. The highest BCUT2D eigenvalue weighted by atomic mass is 16.1. The van der Waals surface area contributed by atoms with E-state index < -0.39 is 0 Å². The quantitative estimate of drug-likeness (QED) is 0.278. The Hall–Kier alpha value is -1.57. The van der Waals surface area contributed by atoms with Crippen LogP contribution in [0.15, 0.2) is 48.6 Å². The van der Waals surface area contributed by atoms with E-state index in [1.165, 1.54) is 25.7 Å². The Bertz CT molecular complexity index is 391. The van der Waals surface area contributed by atoms with Gasteiger partial charge in [-0.25, -0.2) is 0 Å². The summed E-state index contributed by atoms with van der Waals surface area (Å²) in [6, 6.07) is 0. The molecule has 24 heavy (non-hydrogen) atoms. The lowest BCUT2D eigenvalue weighted by Gasteiger charge is -1.99. The van der Waals surface area contributed by atoms with Crippen molar-refractivity contribution in [3.05, 3.63) is 48.6 Å². The van der Waals surface area contributed by atoms with Gasteiger partial charge >= 0.3 is 0 Å². The van der Waals surface area contributed by atoms with Crippen molar-refractivity contribution in [3.8, 4) is 0 Å². The van der Waals surface area contributed by atoms with Gasteiger partial charge in [0.05, 0.1) is 0 Å². The fraction of sp³-hybridized carbons (Fsp3) is 0.591. The van der Waals surface area contributed by atoms with Crippen molar-refractivity contribution < 1.29 is 4.79 Å². The first-order valence-corrected chi connectivity index (χ1v) is 9.61. The van der Waals surface area contributed by atoms with E-state index in [0.29, 0.717) is 0 Å². The molecule has 0 rings (SSSR count). The number of carbonyl (C=O) groups excluding carboxylic acids is 1. The fourth-order valence-corrected chi connectivity index (χ4v) is 2.21. The predicted octanol–water partition coefficient (Wildman–Crippen LogP) is 6.27. The summed E-state index contributed by atoms with van der Waals surface area (Å²) in [4.78, 5) is 10.7. The second-order valence-corrected chi connectivity index (χ2v) is 6.07. The summed E-state index contributed by atoms with van der Waals surface area (Å²) in [6.45, 7) is 4.60. The van der Waals surface area contributed by atoms with Crippen LogP contribution in [0.3, 0.4) is 0 Å². The number of unbranched alkanes of at least 4 members (excludes halogenated alkanes) is 5. The van der Waals surface area contributed by atoms with Crippen LogP contribution in [-0.2, 0) is 4.79 Å². The molecular weight excluding hydrogens is 294 g/mol. The average molecular weight is 332 g/mol. The van der Waals surface area contributed by atoms with Crippen molar-refractivity contribution in [1.29, 1.82) is 0 Å². The first-order chi connectivity index (χ1) is 11.8. The molecule has 0 bridgehead atoms. The van der Waals surface area contributed by atoms with Crippen molar-refractivity contribution in [2.75, 3.05) is 6.54 Å². The average Bonchev–Trinajstić information content (AvgIpc) is 2.56. The molecule has 0 saturated heterocycles. The van der Waals surface area contributed by atoms with Gasteiger partial charge in [-0.1, -0.05) is 68.4 Å². The van der Waals surface area contributed by atoms with Gasteiger partial charge < -0.3 is 5.32 Å². The van der Waals surface area contributed by atoms with Crippen LogP contribution in [0.5, 0.6) is 0 Å². The maximum absolute atomic E-state index is 10.7. The lowest BCUT2D eigenvalue weighted by atomic mass is 10.2. The van der Waals surface area contributed by atoms with E-state index in [0.717, 1.165) is 45.1 Å². The molecule has 2 nitrogen and oxygen atoms in total. The van der Waals surface area contributed by atoms with Crippen LogP contribution >= 0.6 is 0 Å². The van der Waals surface area contributed by atoms with Crippen molar-refractivity contribution in [3.63, 3.8) is 0 Å². The minimum Gasteiger partial charge on any atom is -0.356 e. The van der Waals surface area contributed by atoms with Crippen LogP contribution in [0.25, 0.3) is 0 Å². The maximum Gasteiger partial charge on any atom is 0.216 e. The summed E-state index contributed by atoms with van der Waals surface area (Å²) in [5.41, 5.74) is 0. The van der Waals surface area contributed by atoms with Crippen molar-refractivity contribution in [2.45, 2.75) is 78.1 Å². The number of allylic oxidation sites excluding steroid dienone is 8. The van der Waals surface area contributed by atoms with Gasteiger partial charge in [0.1, 0.15) is 0 Å². The summed E-state index contributed by atoms with van der Waals surface area (Å²) >= 11 is 0. The molecule has 0 aromatic carbocycles. The molecule has 0 aliphatic heterocycles. The van der Waals surface area contributed by atoms with Gasteiger partial charge in [-0.05, 0) is 51.4 Å². The largest absolute Gasteiger partial charge is 0.356 e. The van der Waals surface area contributed by atoms with Gasteiger partial charge in [0.25, 0.3) is 0 Å². The van der Waals surface area contributed by atoms with Crippen LogP contribution in [0, 0.1) is 0 Å². The lowest BCUT2D eigenvalue weighted by molar-refractivity contribution is -0.118. The van der Waals surface area contributed by atoms with Crippen LogP contribution in [-0.4, -0.2) is 12.5 Å². The molecule has 0 fully saturated rings. The third-order valence-corrected chi connectivity index (χ3v) is 3.63. The third-order valence-electron chi connectivity index (χ3n) is 3.63. The third kappa shape index (κ3) is 20.4. The Labute approximate surface area is 149 Å². The zero-order valence-electron chi connectivity index (χ0n) is 15.8. The van der Waals surface area contributed by atoms with Crippen molar-refractivity contribution in [1.82, 2.24) is 5.32 Å². The normalized spacial score (nSPS) is 12.2. The molecule has 0 heterocycles. The molecule has 0 saturated carbocycles. The van der Waals surface area contributed by atoms with Gasteiger partial charge in [-0.3, -0.25) is 4.79 Å². The first-order valence-electron chi connectivity index (χ1n) is 9.61. The minimum absolute atomic E-state index is 0.0627. The highest BCUT2D eigenvalue weighted by Gasteiger charge is 1.89. The summed E-state index contributed by atoms with van der Waals surface area (Å²) in [5.74, 6) is 0.0627. The summed E-state index contributed by atoms with van der Waals surface area (Å²) in [5, 5.41) is 2.82. The standard InChI is InChI=1S/C22H37NO/c1-3-4-5-6-7-8-9-10-11-12-13-14-15-16-17-18-19-20-21-23-22(2)24/h7-8,10-11,13-14,16-17H,3-6,9,12,15,18-21H2,1-2H3,(H,23,24)/b8-7-,11-10-,14-13-,17-16-. The van der Waals surface area contributed by atoms with Gasteiger partial charge in [0.2, 0.25) is 5.91 Å². The Morgan fingerprint density at radius 2 is 1.17 bits per heavy atom. The summed E-state index contributed by atoms with van der Waals surface area (Å²) in [6.07, 6.45) is 29.5. The van der Waals surface area contributed by atoms with Gasteiger partial charge in [-0.15, -0.1) is 0 Å². The number of hydrogen-bond donors (Lipinski definition) is 1. The maximum atomic E-state index is 10.7. The van der Waals surface area contributed by atoms with E-state index in [1.807, 2.05) is 0 Å². The molecule has 0 unspecified atom stereocenters. The van der Waals surface area contributed by atoms with E-state index >= 15 is 0 Å². The van der Waals surface area contributed by atoms with Gasteiger partial charge in [0.15, 0.2) is 0 Å². The number of nitrogens with one attached hydrogen (secondary N) is 1. The Morgan fingerprint density at radius 3 is 1.62 bits per heavy atom. The molecule has 0 atom stereocenters. The molecule has 2 heteroatoms. The summed E-state index contributed by atoms with van der Waals surface area (Å²) in [7, 11) is 0. The Kier molecular flexibility index (Phi) is 18.2. The van der Waals surface area contributed by atoms with Gasteiger partial charge in [0, 0.05) is 13.5 Å². The molecule has 1 N–H and O–H groups in total. The fourth-order valence-electron chi connectivity index (χ4n) is 2.21. The molecular formula is C22H37NO. The highest BCUT2D eigenvalue weighted by Crippen LogP contribution is 2.01. The van der Waals surface area contributed by atoms with E-state index in [4.69, 9.17) is 0 Å². The number of carbonyl (C=O) groups is 1. The second-order valence-electron chi connectivity index (χ2n) is 6.07. The molecule has 136 valence electrons. The predicted molar refractivity (Wildman–Crippen MR) is 107 cm³/mol. The topological polar surface area (TPSA) is 29.1 Å². The molecule has 0 aliphatic carbocycles. The SMILES string of the molecule is CCCCC/C=C\C/C=C\C/C=C\C/C=C\CCCCNC(C)=O. The molecule has 0 aromatic rings. The lowest BCUT2D eigenvalue weighted by Crippen LogP contribution is -2.20. The second kappa shape index (κ2) is 19.5. The van der Waals surface area contributed by atoms with E-state index in [9.17, 15) is 4.79 Å². The van der Waals surface area contributed by atoms with E-state index in [2.05, 4.69) is 60.8 Å². The van der Waals surface area contributed by atoms with Crippen LogP contribution in [0.4, 0.5) is 0 Å². The molecule has 0 spiro atoms. The number of hydrogen-bond acceptors (Lipinski definition) is 1. The van der Waals surface area contributed by atoms with Gasteiger partial charge in [-0.2, -0.15) is 0 Å². The number of amides is 1. The zero-order chi connectivity index (χ0) is 17.7. The van der Waals surface area contributed by atoms with E-state index in [1.54, 1.807) is 6.92 Å². The molecule has 0 aliphatic rings. The highest BCUT2D eigenvalue weighted by molar-refractivity contribution is 5.72. The minimum atomic E-state index is 0.0627.